The number of hydrogen-bond acceptors (Lipinski definition) is 2. The van der Waals surface area contributed by atoms with Crippen LogP contribution in [0.3, 0.4) is 0 Å². The predicted molar refractivity (Wildman–Crippen MR) is 32.2 cm³/mol. The average molecular weight is 117 g/mol. The zero-order valence-corrected chi connectivity index (χ0v) is 5.04. The fraction of sp³-hybridized carbons (Fsp3) is 0.800. The molecular weight excluding hydrogens is 108 g/mol. The van der Waals surface area contributed by atoms with Gasteiger partial charge in [-0.25, -0.2) is 0 Å². The molecule has 1 nitrogen and oxygen atoms in total. The topological polar surface area (TPSA) is 9.23 Å². The third-order valence-corrected chi connectivity index (χ3v) is 1.82. The van der Waals surface area contributed by atoms with E-state index in [4.69, 9.17) is 4.74 Å². The molecule has 0 saturated carbocycles. The van der Waals surface area contributed by atoms with E-state index in [0.717, 1.165) is 18.8 Å². The van der Waals surface area contributed by atoms with Gasteiger partial charge in [-0.3, -0.25) is 0 Å². The Labute approximate surface area is 48.4 Å². The summed E-state index contributed by atoms with van der Waals surface area (Å²) in [6, 6.07) is 0. The van der Waals surface area contributed by atoms with E-state index in [2.05, 4.69) is 0 Å². The van der Waals surface area contributed by atoms with Crippen molar-refractivity contribution in [1.29, 1.82) is 0 Å². The number of thioether (sulfide) groups is 1. The molecule has 0 amide bonds. The summed E-state index contributed by atoms with van der Waals surface area (Å²) in [6.45, 7) is 2.81. The Hall–Kier alpha value is 0.310. The second-order valence-electron chi connectivity index (χ2n) is 1.44. The van der Waals surface area contributed by atoms with E-state index < -0.39 is 0 Å². The first-order valence-electron chi connectivity index (χ1n) is 2.51. The Morgan fingerprint density at radius 1 is 1.43 bits per heavy atom. The summed E-state index contributed by atoms with van der Waals surface area (Å²) in [7, 11) is 0. The SMILES string of the molecule is [CH]1CCSCCO1. The van der Waals surface area contributed by atoms with Crippen molar-refractivity contribution in [3.8, 4) is 0 Å². The highest BCUT2D eigenvalue weighted by atomic mass is 32.2. The zero-order valence-electron chi connectivity index (χ0n) is 4.22. The van der Waals surface area contributed by atoms with Gasteiger partial charge in [0.25, 0.3) is 0 Å². The maximum absolute atomic E-state index is 5.05. The third-order valence-electron chi connectivity index (χ3n) is 0.843. The van der Waals surface area contributed by atoms with Crippen molar-refractivity contribution in [2.24, 2.45) is 0 Å². The largest absolute Gasteiger partial charge is 0.375 e. The van der Waals surface area contributed by atoms with Gasteiger partial charge in [0.2, 0.25) is 0 Å². The smallest absolute Gasteiger partial charge is 0.0845 e. The van der Waals surface area contributed by atoms with Gasteiger partial charge in [-0.05, 0) is 12.2 Å². The van der Waals surface area contributed by atoms with Crippen molar-refractivity contribution in [3.63, 3.8) is 0 Å². The Morgan fingerprint density at radius 2 is 2.43 bits per heavy atom. The van der Waals surface area contributed by atoms with E-state index in [1.165, 1.54) is 5.75 Å². The fourth-order valence-corrected chi connectivity index (χ4v) is 1.19. The van der Waals surface area contributed by atoms with Gasteiger partial charge < -0.3 is 4.74 Å². The molecule has 0 aliphatic carbocycles. The molecule has 1 saturated heterocycles. The van der Waals surface area contributed by atoms with Crippen LogP contribution in [-0.2, 0) is 4.74 Å². The van der Waals surface area contributed by atoms with Gasteiger partial charge >= 0.3 is 0 Å². The Kier molecular flexibility index (Phi) is 2.59. The second kappa shape index (κ2) is 3.33. The fourth-order valence-electron chi connectivity index (χ4n) is 0.507. The van der Waals surface area contributed by atoms with Gasteiger partial charge in [0.05, 0.1) is 13.2 Å². The number of hydrogen-bond donors (Lipinski definition) is 0. The van der Waals surface area contributed by atoms with Crippen LogP contribution in [-0.4, -0.2) is 18.1 Å². The van der Waals surface area contributed by atoms with E-state index in [-0.39, 0.29) is 0 Å². The first kappa shape index (κ1) is 5.45. The van der Waals surface area contributed by atoms with Crippen molar-refractivity contribution in [2.45, 2.75) is 6.42 Å². The van der Waals surface area contributed by atoms with Crippen LogP contribution in [0.25, 0.3) is 0 Å². The molecule has 1 fully saturated rings. The molecule has 1 aliphatic heterocycles. The van der Waals surface area contributed by atoms with Crippen molar-refractivity contribution in [2.75, 3.05) is 18.1 Å². The third kappa shape index (κ3) is 2.19. The highest BCUT2D eigenvalue weighted by Gasteiger charge is 1.96. The lowest BCUT2D eigenvalue weighted by Crippen LogP contribution is -1.88. The summed E-state index contributed by atoms with van der Waals surface area (Å²) >= 11 is 1.96. The van der Waals surface area contributed by atoms with Crippen molar-refractivity contribution >= 4 is 11.8 Å². The molecule has 0 bridgehead atoms. The van der Waals surface area contributed by atoms with Gasteiger partial charge in [-0.1, -0.05) is 0 Å². The minimum atomic E-state index is 0.907. The van der Waals surface area contributed by atoms with Crippen LogP contribution in [0, 0.1) is 6.61 Å². The molecular formula is C5H9OS. The molecule has 7 heavy (non-hydrogen) atoms. The standard InChI is InChI=1S/C5H9OS/c1-2-6-3-5-7-4-1/h2H,1,3-5H2. The van der Waals surface area contributed by atoms with Gasteiger partial charge in [-0.15, -0.1) is 0 Å². The lowest BCUT2D eigenvalue weighted by atomic mass is 10.5. The number of rotatable bonds is 0. The normalized spacial score (nSPS) is 24.0. The Morgan fingerprint density at radius 3 is 3.43 bits per heavy atom. The van der Waals surface area contributed by atoms with Gasteiger partial charge in [-0.2, -0.15) is 11.8 Å². The monoisotopic (exact) mass is 117 g/mol. The molecule has 0 N–H and O–H groups in total. The van der Waals surface area contributed by atoms with Gasteiger partial charge in [0, 0.05) is 5.75 Å². The van der Waals surface area contributed by atoms with E-state index in [1.807, 2.05) is 18.4 Å². The molecule has 0 aromatic carbocycles. The Bertz CT molecular complexity index is 27.7. The van der Waals surface area contributed by atoms with Crippen molar-refractivity contribution in [3.05, 3.63) is 6.61 Å². The number of ether oxygens (including phenoxy) is 1. The van der Waals surface area contributed by atoms with E-state index in [0.29, 0.717) is 0 Å². The van der Waals surface area contributed by atoms with Crippen molar-refractivity contribution < 1.29 is 4.74 Å². The summed E-state index contributed by atoms with van der Waals surface area (Å²) in [4.78, 5) is 0. The minimum absolute atomic E-state index is 0.907. The summed E-state index contributed by atoms with van der Waals surface area (Å²) in [5, 5.41) is 0. The van der Waals surface area contributed by atoms with Crippen LogP contribution >= 0.6 is 11.8 Å². The summed E-state index contributed by atoms with van der Waals surface area (Å²) < 4.78 is 5.05. The summed E-state index contributed by atoms with van der Waals surface area (Å²) in [5.74, 6) is 2.40. The first-order chi connectivity index (χ1) is 3.50. The molecule has 1 aliphatic rings. The Balaban J connectivity index is 2.04. The molecule has 0 aromatic rings. The summed E-state index contributed by atoms with van der Waals surface area (Å²) in [6.07, 6.45) is 1.12. The second-order valence-corrected chi connectivity index (χ2v) is 2.66. The molecule has 41 valence electrons. The highest BCUT2D eigenvalue weighted by Crippen LogP contribution is 2.08. The molecule has 0 atom stereocenters. The van der Waals surface area contributed by atoms with Crippen LogP contribution in [0.2, 0.25) is 0 Å². The van der Waals surface area contributed by atoms with Crippen LogP contribution in [0.1, 0.15) is 6.42 Å². The van der Waals surface area contributed by atoms with E-state index >= 15 is 0 Å². The van der Waals surface area contributed by atoms with Crippen LogP contribution in [0.15, 0.2) is 0 Å². The van der Waals surface area contributed by atoms with Crippen LogP contribution in [0.5, 0.6) is 0 Å². The molecule has 1 heterocycles. The lowest BCUT2D eigenvalue weighted by Gasteiger charge is -1.90. The molecule has 0 aromatic heterocycles. The predicted octanol–water partition coefficient (Wildman–Crippen LogP) is 1.30. The maximum atomic E-state index is 5.05. The molecule has 2 heteroatoms. The molecule has 0 spiro atoms. The van der Waals surface area contributed by atoms with E-state index in [1.54, 1.807) is 0 Å². The first-order valence-corrected chi connectivity index (χ1v) is 3.66. The van der Waals surface area contributed by atoms with Crippen LogP contribution in [0.4, 0.5) is 0 Å². The average Bonchev–Trinajstić information content (AvgIpc) is 1.90. The lowest BCUT2D eigenvalue weighted by molar-refractivity contribution is 0.217. The van der Waals surface area contributed by atoms with Crippen LogP contribution < -0.4 is 0 Å². The van der Waals surface area contributed by atoms with Crippen molar-refractivity contribution in [1.82, 2.24) is 0 Å². The molecule has 0 unspecified atom stereocenters. The van der Waals surface area contributed by atoms with E-state index in [9.17, 15) is 0 Å². The minimum Gasteiger partial charge on any atom is -0.375 e. The maximum Gasteiger partial charge on any atom is 0.0845 e. The highest BCUT2D eigenvalue weighted by molar-refractivity contribution is 7.99. The molecule has 1 radical (unpaired) electrons. The summed E-state index contributed by atoms with van der Waals surface area (Å²) in [5.41, 5.74) is 0. The zero-order chi connectivity index (χ0) is 4.95. The quantitative estimate of drug-likeness (QED) is 0.473. The van der Waals surface area contributed by atoms with Gasteiger partial charge in [0.1, 0.15) is 0 Å². The van der Waals surface area contributed by atoms with Gasteiger partial charge in [0.15, 0.2) is 0 Å². The molecule has 1 rings (SSSR count).